The molecule has 1 aliphatic carbocycles. The fourth-order valence-electron chi connectivity index (χ4n) is 1.59. The van der Waals surface area contributed by atoms with Gasteiger partial charge in [-0.05, 0) is 36.6 Å². The summed E-state index contributed by atoms with van der Waals surface area (Å²) in [5, 5.41) is 9.63. The van der Waals surface area contributed by atoms with Gasteiger partial charge < -0.3 is 5.11 Å². The molecule has 1 aromatic rings. The van der Waals surface area contributed by atoms with Gasteiger partial charge in [0, 0.05) is 9.50 Å². The van der Waals surface area contributed by atoms with Crippen LogP contribution in [0.5, 0.6) is 0 Å². The molecule has 1 aromatic carbocycles. The van der Waals surface area contributed by atoms with E-state index < -0.39 is 11.4 Å². The largest absolute Gasteiger partial charge is 0.481 e. The van der Waals surface area contributed by atoms with Gasteiger partial charge in [0.1, 0.15) is 0 Å². The molecular weight excluding hydrogens is 267 g/mol. The molecule has 0 saturated heterocycles. The van der Waals surface area contributed by atoms with Crippen LogP contribution >= 0.6 is 27.5 Å². The summed E-state index contributed by atoms with van der Waals surface area (Å²) in [5.41, 5.74) is 0.00182. The molecule has 0 aliphatic heterocycles. The Balaban J connectivity index is 2.51. The predicted octanol–water partition coefficient (Wildman–Crippen LogP) is 3.22. The lowest BCUT2D eigenvalue weighted by atomic mass is 9.96. The van der Waals surface area contributed by atoms with Crippen LogP contribution in [0, 0.1) is 0 Å². The number of aliphatic carboxylic acids is 1. The summed E-state index contributed by atoms with van der Waals surface area (Å²) in [6, 6.07) is 5.33. The lowest BCUT2D eigenvalue weighted by molar-refractivity contribution is -0.140. The maximum Gasteiger partial charge on any atom is 0.314 e. The summed E-state index contributed by atoms with van der Waals surface area (Å²) < 4.78 is 0.865. The van der Waals surface area contributed by atoms with Crippen LogP contribution in [0.1, 0.15) is 18.4 Å². The van der Waals surface area contributed by atoms with Crippen LogP contribution in [0.15, 0.2) is 22.7 Å². The first kappa shape index (κ1) is 9.99. The smallest absolute Gasteiger partial charge is 0.314 e. The molecule has 1 saturated carbocycles. The summed E-state index contributed by atoms with van der Waals surface area (Å²) in [6.07, 6.45) is 1.36. The number of hydrogen-bond acceptors (Lipinski definition) is 1. The third-order valence-electron chi connectivity index (χ3n) is 2.60. The molecule has 0 aromatic heterocycles. The van der Waals surface area contributed by atoms with Crippen molar-refractivity contribution in [2.45, 2.75) is 18.3 Å². The Hall–Kier alpha value is -0.540. The van der Waals surface area contributed by atoms with E-state index in [4.69, 9.17) is 16.7 Å². The van der Waals surface area contributed by atoms with Crippen molar-refractivity contribution in [2.75, 3.05) is 0 Å². The lowest BCUT2D eigenvalue weighted by Gasteiger charge is -2.12. The van der Waals surface area contributed by atoms with Crippen LogP contribution in [0.4, 0.5) is 0 Å². The summed E-state index contributed by atoms with van der Waals surface area (Å²) in [6.45, 7) is 0. The Kier molecular flexibility index (Phi) is 2.32. The third-order valence-corrected chi connectivity index (χ3v) is 3.43. The molecular formula is C10H8BrClO2. The second kappa shape index (κ2) is 3.24. The first-order valence-electron chi connectivity index (χ1n) is 4.25. The molecule has 2 rings (SSSR count). The van der Waals surface area contributed by atoms with E-state index in [9.17, 15) is 4.79 Å². The minimum Gasteiger partial charge on any atom is -0.481 e. The molecule has 0 heterocycles. The van der Waals surface area contributed by atoms with E-state index in [-0.39, 0.29) is 0 Å². The Morgan fingerprint density at radius 2 is 2.14 bits per heavy atom. The molecule has 0 unspecified atom stereocenters. The molecule has 14 heavy (non-hydrogen) atoms. The Labute approximate surface area is 95.0 Å². The molecule has 1 fully saturated rings. The zero-order valence-electron chi connectivity index (χ0n) is 7.26. The molecule has 0 amide bonds. The molecule has 4 heteroatoms. The van der Waals surface area contributed by atoms with Crippen molar-refractivity contribution in [1.82, 2.24) is 0 Å². The average molecular weight is 276 g/mol. The van der Waals surface area contributed by atoms with E-state index in [1.165, 1.54) is 0 Å². The Morgan fingerprint density at radius 3 is 2.64 bits per heavy atom. The van der Waals surface area contributed by atoms with Crippen molar-refractivity contribution in [2.24, 2.45) is 0 Å². The monoisotopic (exact) mass is 274 g/mol. The van der Waals surface area contributed by atoms with Gasteiger partial charge in [-0.2, -0.15) is 0 Å². The van der Waals surface area contributed by atoms with Gasteiger partial charge in [-0.15, -0.1) is 0 Å². The Morgan fingerprint density at radius 1 is 1.50 bits per heavy atom. The standard InChI is InChI=1S/C10H8BrClO2/c11-6-1-2-8(12)7(5-6)10(3-4-10)9(13)14/h1-2,5H,3-4H2,(H,13,14). The van der Waals surface area contributed by atoms with Gasteiger partial charge in [0.25, 0.3) is 0 Å². The van der Waals surface area contributed by atoms with Gasteiger partial charge in [-0.3, -0.25) is 4.79 Å². The lowest BCUT2D eigenvalue weighted by Crippen LogP contribution is -2.19. The fraction of sp³-hybridized carbons (Fsp3) is 0.300. The van der Waals surface area contributed by atoms with Crippen molar-refractivity contribution in [1.29, 1.82) is 0 Å². The first-order valence-corrected chi connectivity index (χ1v) is 5.42. The third kappa shape index (κ3) is 1.44. The second-order valence-corrected chi connectivity index (χ2v) is 4.83. The summed E-state index contributed by atoms with van der Waals surface area (Å²) in [4.78, 5) is 11.1. The van der Waals surface area contributed by atoms with Crippen LogP contribution in [-0.4, -0.2) is 11.1 Å². The normalized spacial score (nSPS) is 17.9. The van der Waals surface area contributed by atoms with E-state index in [0.29, 0.717) is 17.9 Å². The summed E-state index contributed by atoms with van der Waals surface area (Å²) >= 11 is 9.29. The van der Waals surface area contributed by atoms with Crippen molar-refractivity contribution in [3.8, 4) is 0 Å². The molecule has 0 atom stereocenters. The van der Waals surface area contributed by atoms with Crippen molar-refractivity contribution >= 4 is 33.5 Å². The van der Waals surface area contributed by atoms with Gasteiger partial charge >= 0.3 is 5.97 Å². The quantitative estimate of drug-likeness (QED) is 0.900. The molecule has 0 bridgehead atoms. The molecule has 74 valence electrons. The molecule has 0 radical (unpaired) electrons. The minimum atomic E-state index is -0.780. The molecule has 2 nitrogen and oxygen atoms in total. The van der Waals surface area contributed by atoms with E-state index >= 15 is 0 Å². The van der Waals surface area contributed by atoms with Crippen LogP contribution in [0.2, 0.25) is 5.02 Å². The van der Waals surface area contributed by atoms with Gasteiger partial charge in [-0.1, -0.05) is 27.5 Å². The maximum absolute atomic E-state index is 11.1. The number of rotatable bonds is 2. The number of hydrogen-bond donors (Lipinski definition) is 1. The number of carbonyl (C=O) groups is 1. The Bertz CT molecular complexity index is 399. The minimum absolute atomic E-state index is 0.535. The zero-order valence-corrected chi connectivity index (χ0v) is 9.60. The number of benzene rings is 1. The highest BCUT2D eigenvalue weighted by Crippen LogP contribution is 2.51. The van der Waals surface area contributed by atoms with Crippen LogP contribution in [0.25, 0.3) is 0 Å². The predicted molar refractivity (Wildman–Crippen MR) is 57.7 cm³/mol. The van der Waals surface area contributed by atoms with Crippen molar-refractivity contribution < 1.29 is 9.90 Å². The van der Waals surface area contributed by atoms with E-state index in [1.807, 2.05) is 6.07 Å². The highest BCUT2D eigenvalue weighted by atomic mass is 79.9. The maximum atomic E-state index is 11.1. The highest BCUT2D eigenvalue weighted by molar-refractivity contribution is 9.10. The fourth-order valence-corrected chi connectivity index (χ4v) is 2.25. The molecule has 0 spiro atoms. The molecule has 1 aliphatic rings. The van der Waals surface area contributed by atoms with Crippen LogP contribution in [0.3, 0.4) is 0 Å². The summed E-state index contributed by atoms with van der Waals surface area (Å²) in [7, 11) is 0. The topological polar surface area (TPSA) is 37.3 Å². The average Bonchev–Trinajstić information content (AvgIpc) is 2.90. The van der Waals surface area contributed by atoms with E-state index in [0.717, 1.165) is 10.0 Å². The van der Waals surface area contributed by atoms with Gasteiger partial charge in [0.2, 0.25) is 0 Å². The van der Waals surface area contributed by atoms with E-state index in [2.05, 4.69) is 15.9 Å². The van der Waals surface area contributed by atoms with Crippen molar-refractivity contribution in [3.63, 3.8) is 0 Å². The van der Waals surface area contributed by atoms with Crippen molar-refractivity contribution in [3.05, 3.63) is 33.3 Å². The first-order chi connectivity index (χ1) is 6.56. The van der Waals surface area contributed by atoms with Gasteiger partial charge in [0.15, 0.2) is 0 Å². The zero-order chi connectivity index (χ0) is 10.3. The van der Waals surface area contributed by atoms with Gasteiger partial charge in [0.05, 0.1) is 5.41 Å². The number of carboxylic acids is 1. The number of halogens is 2. The SMILES string of the molecule is O=C(O)C1(c2cc(Br)ccc2Cl)CC1. The van der Waals surface area contributed by atoms with Gasteiger partial charge in [-0.25, -0.2) is 0 Å². The second-order valence-electron chi connectivity index (χ2n) is 3.51. The van der Waals surface area contributed by atoms with Crippen LogP contribution in [-0.2, 0) is 10.2 Å². The molecule has 1 N–H and O–H groups in total. The highest BCUT2D eigenvalue weighted by Gasteiger charge is 2.52. The number of carboxylic acid groups (broad SMARTS) is 1. The van der Waals surface area contributed by atoms with Crippen LogP contribution < -0.4 is 0 Å². The summed E-state index contributed by atoms with van der Waals surface area (Å²) in [5.74, 6) is -0.780. The van der Waals surface area contributed by atoms with E-state index in [1.54, 1.807) is 12.1 Å².